The van der Waals surface area contributed by atoms with Gasteiger partial charge in [-0.25, -0.2) is 8.42 Å². The maximum absolute atomic E-state index is 11.8. The molecule has 0 saturated heterocycles. The molecule has 96 valence electrons. The summed E-state index contributed by atoms with van der Waals surface area (Å²) in [6, 6.07) is 6.89. The van der Waals surface area contributed by atoms with Crippen molar-refractivity contribution in [1.29, 1.82) is 0 Å². The zero-order chi connectivity index (χ0) is 12.8. The molecule has 0 radical (unpaired) electrons. The van der Waals surface area contributed by atoms with Gasteiger partial charge in [0.15, 0.2) is 0 Å². The Morgan fingerprint density at radius 2 is 2.11 bits per heavy atom. The lowest BCUT2D eigenvalue weighted by atomic mass is 10.2. The molecule has 0 amide bonds. The largest absolute Gasteiger partial charge is 0.326 e. The van der Waals surface area contributed by atoms with Crippen LogP contribution in [0.1, 0.15) is 18.4 Å². The van der Waals surface area contributed by atoms with Gasteiger partial charge in [-0.3, -0.25) is 9.71 Å². The van der Waals surface area contributed by atoms with E-state index in [1.807, 2.05) is 0 Å². The molecular formula is C12H15N3O2S. The fourth-order valence-corrected chi connectivity index (χ4v) is 3.37. The van der Waals surface area contributed by atoms with Crippen LogP contribution in [-0.4, -0.2) is 26.8 Å². The summed E-state index contributed by atoms with van der Waals surface area (Å²) in [7, 11) is -3.43. The number of nitrogens with two attached hydrogens (primary N) is 1. The fraction of sp³-hybridized carbons (Fsp3) is 0.417. The molecule has 1 atom stereocenters. The minimum atomic E-state index is -3.43. The van der Waals surface area contributed by atoms with E-state index in [1.165, 1.54) is 0 Å². The number of amidine groups is 1. The average Bonchev–Trinajstić information content (AvgIpc) is 3.15. The highest BCUT2D eigenvalue weighted by Crippen LogP contribution is 2.31. The summed E-state index contributed by atoms with van der Waals surface area (Å²) in [6.45, 7) is 0.469. The standard InChI is InChI=1S/C12H15N3O2S/c13-10(8-5-6-8)7-14-12-9-3-1-2-4-11(9)18(16,17)15-12/h1-4,8,10H,5-7,13H2,(H,14,15). The molecule has 1 aliphatic carbocycles. The van der Waals surface area contributed by atoms with Gasteiger partial charge in [0.2, 0.25) is 0 Å². The van der Waals surface area contributed by atoms with E-state index >= 15 is 0 Å². The highest BCUT2D eigenvalue weighted by atomic mass is 32.2. The zero-order valence-electron chi connectivity index (χ0n) is 9.83. The molecule has 1 aliphatic heterocycles. The second kappa shape index (κ2) is 4.07. The van der Waals surface area contributed by atoms with Gasteiger partial charge in [0.05, 0.1) is 11.4 Å². The number of rotatable bonds is 3. The summed E-state index contributed by atoms with van der Waals surface area (Å²) in [5.41, 5.74) is 6.60. The maximum atomic E-state index is 11.8. The van der Waals surface area contributed by atoms with E-state index in [1.54, 1.807) is 24.3 Å². The zero-order valence-corrected chi connectivity index (χ0v) is 10.7. The SMILES string of the molecule is NC(CN=C1NS(=O)(=O)c2ccccc21)C1CC1. The number of nitrogens with one attached hydrogen (secondary N) is 1. The molecule has 0 aromatic heterocycles. The van der Waals surface area contributed by atoms with Crippen LogP contribution in [0.2, 0.25) is 0 Å². The molecule has 1 heterocycles. The monoisotopic (exact) mass is 265 g/mol. The quantitative estimate of drug-likeness (QED) is 0.832. The third-order valence-electron chi connectivity index (χ3n) is 3.35. The van der Waals surface area contributed by atoms with E-state index in [4.69, 9.17) is 5.73 Å². The molecule has 3 N–H and O–H groups in total. The van der Waals surface area contributed by atoms with Crippen LogP contribution in [0, 0.1) is 5.92 Å². The third-order valence-corrected chi connectivity index (χ3v) is 4.75. The van der Waals surface area contributed by atoms with Crippen LogP contribution in [0.5, 0.6) is 0 Å². The molecule has 1 saturated carbocycles. The van der Waals surface area contributed by atoms with Gasteiger partial charge in [0, 0.05) is 11.6 Å². The van der Waals surface area contributed by atoms with Gasteiger partial charge in [-0.2, -0.15) is 0 Å². The number of sulfonamides is 1. The molecule has 3 rings (SSSR count). The number of hydrogen-bond donors (Lipinski definition) is 2. The second-order valence-corrected chi connectivity index (χ2v) is 6.44. The summed E-state index contributed by atoms with van der Waals surface area (Å²) in [6.07, 6.45) is 2.32. The van der Waals surface area contributed by atoms with Crippen molar-refractivity contribution in [2.75, 3.05) is 6.54 Å². The predicted molar refractivity (Wildman–Crippen MR) is 68.9 cm³/mol. The summed E-state index contributed by atoms with van der Waals surface area (Å²) in [5, 5.41) is 0. The lowest BCUT2D eigenvalue weighted by Gasteiger charge is -2.06. The molecule has 0 bridgehead atoms. The van der Waals surface area contributed by atoms with Gasteiger partial charge in [-0.15, -0.1) is 0 Å². The highest BCUT2D eigenvalue weighted by molar-refractivity contribution is 7.90. The lowest BCUT2D eigenvalue weighted by Crippen LogP contribution is -2.29. The van der Waals surface area contributed by atoms with Gasteiger partial charge in [0.25, 0.3) is 10.0 Å². The first kappa shape index (κ1) is 11.7. The first-order chi connectivity index (χ1) is 8.58. The predicted octanol–water partition coefficient (Wildman–Crippen LogP) is 0.462. The van der Waals surface area contributed by atoms with E-state index < -0.39 is 10.0 Å². The van der Waals surface area contributed by atoms with Crippen LogP contribution in [0.4, 0.5) is 0 Å². The lowest BCUT2D eigenvalue weighted by molar-refractivity contribution is 0.594. The van der Waals surface area contributed by atoms with Crippen molar-refractivity contribution in [2.24, 2.45) is 16.6 Å². The van der Waals surface area contributed by atoms with Gasteiger partial charge in [-0.1, -0.05) is 12.1 Å². The van der Waals surface area contributed by atoms with Crippen molar-refractivity contribution >= 4 is 15.9 Å². The summed E-state index contributed by atoms with van der Waals surface area (Å²) in [4.78, 5) is 4.62. The van der Waals surface area contributed by atoms with E-state index in [9.17, 15) is 8.42 Å². The Labute approximate surface area is 106 Å². The topological polar surface area (TPSA) is 84.5 Å². The summed E-state index contributed by atoms with van der Waals surface area (Å²) < 4.78 is 26.1. The Balaban J connectivity index is 1.88. The molecule has 1 fully saturated rings. The number of aliphatic imine (C=N–C) groups is 1. The minimum Gasteiger partial charge on any atom is -0.326 e. The molecule has 1 aromatic carbocycles. The van der Waals surface area contributed by atoms with Gasteiger partial charge < -0.3 is 5.73 Å². The Bertz CT molecular complexity index is 606. The highest BCUT2D eigenvalue weighted by Gasteiger charge is 2.31. The molecular weight excluding hydrogens is 250 g/mol. The summed E-state index contributed by atoms with van der Waals surface area (Å²) >= 11 is 0. The number of nitrogens with zero attached hydrogens (tertiary/aromatic N) is 1. The van der Waals surface area contributed by atoms with Crippen LogP contribution in [0.3, 0.4) is 0 Å². The van der Waals surface area contributed by atoms with Crippen LogP contribution in [0.25, 0.3) is 0 Å². The molecule has 18 heavy (non-hydrogen) atoms. The first-order valence-electron chi connectivity index (χ1n) is 6.00. The van der Waals surface area contributed by atoms with Crippen molar-refractivity contribution in [3.63, 3.8) is 0 Å². The fourth-order valence-electron chi connectivity index (χ4n) is 2.12. The van der Waals surface area contributed by atoms with E-state index in [2.05, 4.69) is 9.71 Å². The van der Waals surface area contributed by atoms with E-state index in [-0.39, 0.29) is 6.04 Å². The van der Waals surface area contributed by atoms with Crippen LogP contribution >= 0.6 is 0 Å². The van der Waals surface area contributed by atoms with Gasteiger partial charge in [0.1, 0.15) is 5.84 Å². The molecule has 1 unspecified atom stereocenters. The van der Waals surface area contributed by atoms with Gasteiger partial charge in [-0.05, 0) is 30.9 Å². The molecule has 2 aliphatic rings. The van der Waals surface area contributed by atoms with Gasteiger partial charge >= 0.3 is 0 Å². The smallest absolute Gasteiger partial charge is 0.263 e. The van der Waals surface area contributed by atoms with E-state index in [0.717, 1.165) is 12.8 Å². The first-order valence-corrected chi connectivity index (χ1v) is 7.48. The molecule has 1 aromatic rings. The molecule has 6 heteroatoms. The Kier molecular flexibility index (Phi) is 2.64. The van der Waals surface area contributed by atoms with Crippen molar-refractivity contribution in [3.05, 3.63) is 29.8 Å². The van der Waals surface area contributed by atoms with Crippen molar-refractivity contribution in [1.82, 2.24) is 4.72 Å². The Hall–Kier alpha value is -1.40. The number of benzene rings is 1. The number of fused-ring (bicyclic) bond motifs is 1. The van der Waals surface area contributed by atoms with Crippen LogP contribution < -0.4 is 10.5 Å². The summed E-state index contributed by atoms with van der Waals surface area (Å²) in [5.74, 6) is 0.976. The second-order valence-electron chi connectivity index (χ2n) is 4.79. The maximum Gasteiger partial charge on any atom is 0.263 e. The number of hydrogen-bond acceptors (Lipinski definition) is 4. The molecule has 0 spiro atoms. The van der Waals surface area contributed by atoms with E-state index in [0.29, 0.717) is 28.8 Å². The minimum absolute atomic E-state index is 0.0368. The van der Waals surface area contributed by atoms with Crippen molar-refractivity contribution < 1.29 is 8.42 Å². The Morgan fingerprint density at radius 3 is 2.83 bits per heavy atom. The average molecular weight is 265 g/mol. The van der Waals surface area contributed by atoms with Crippen molar-refractivity contribution in [2.45, 2.75) is 23.8 Å². The third kappa shape index (κ3) is 2.02. The normalized spacial score (nSPS) is 24.6. The molecule has 5 nitrogen and oxygen atoms in total. The van der Waals surface area contributed by atoms with Crippen LogP contribution in [0.15, 0.2) is 34.2 Å². The van der Waals surface area contributed by atoms with Crippen LogP contribution in [-0.2, 0) is 10.0 Å². The van der Waals surface area contributed by atoms with Crippen molar-refractivity contribution in [3.8, 4) is 0 Å². The Morgan fingerprint density at radius 1 is 1.39 bits per heavy atom.